The van der Waals surface area contributed by atoms with Gasteiger partial charge in [-0.3, -0.25) is 4.79 Å². The zero-order chi connectivity index (χ0) is 13.8. The molecular formula is C15H21FN2O. The van der Waals surface area contributed by atoms with Crippen molar-refractivity contribution in [2.24, 2.45) is 5.73 Å². The van der Waals surface area contributed by atoms with Crippen LogP contribution in [0.1, 0.15) is 48.0 Å². The molecule has 3 nitrogen and oxygen atoms in total. The first kappa shape index (κ1) is 14.0. The zero-order valence-corrected chi connectivity index (χ0v) is 11.3. The van der Waals surface area contributed by atoms with E-state index in [9.17, 15) is 9.18 Å². The van der Waals surface area contributed by atoms with Gasteiger partial charge in [0.2, 0.25) is 0 Å². The van der Waals surface area contributed by atoms with Crippen LogP contribution in [0.3, 0.4) is 0 Å². The van der Waals surface area contributed by atoms with Gasteiger partial charge in [-0.05, 0) is 31.4 Å². The van der Waals surface area contributed by atoms with Gasteiger partial charge in [-0.25, -0.2) is 4.39 Å². The average Bonchev–Trinajstić information content (AvgIpc) is 2.58. The lowest BCUT2D eigenvalue weighted by molar-refractivity contribution is 0.0924. The van der Waals surface area contributed by atoms with Crippen LogP contribution in [0.15, 0.2) is 18.2 Å². The standard InChI is InChI=1S/C15H21FN2O/c1-10-6-5-7-11(14(10)16)15(19)18-13-9-4-2-3-8-12(13)17/h5-7,12-13H,2-4,8-9,17H2,1H3,(H,18,19). The van der Waals surface area contributed by atoms with E-state index in [2.05, 4.69) is 5.32 Å². The van der Waals surface area contributed by atoms with Gasteiger partial charge in [-0.2, -0.15) is 0 Å². The predicted octanol–water partition coefficient (Wildman–Crippen LogP) is 2.52. The van der Waals surface area contributed by atoms with Gasteiger partial charge >= 0.3 is 0 Å². The summed E-state index contributed by atoms with van der Waals surface area (Å²) in [5, 5.41) is 2.89. The normalized spacial score (nSPS) is 23.7. The molecule has 2 unspecified atom stereocenters. The lowest BCUT2D eigenvalue weighted by Crippen LogP contribution is -2.47. The van der Waals surface area contributed by atoms with E-state index in [1.54, 1.807) is 19.1 Å². The van der Waals surface area contributed by atoms with Crippen LogP contribution >= 0.6 is 0 Å². The molecule has 0 saturated heterocycles. The summed E-state index contributed by atoms with van der Waals surface area (Å²) in [4.78, 5) is 12.1. The van der Waals surface area contributed by atoms with Gasteiger partial charge in [0.1, 0.15) is 5.82 Å². The van der Waals surface area contributed by atoms with Crippen LogP contribution in [0.4, 0.5) is 4.39 Å². The van der Waals surface area contributed by atoms with Crippen molar-refractivity contribution in [2.45, 2.75) is 51.1 Å². The quantitative estimate of drug-likeness (QED) is 0.806. The second-order valence-electron chi connectivity index (χ2n) is 5.32. The van der Waals surface area contributed by atoms with Crippen LogP contribution in [0, 0.1) is 12.7 Å². The molecule has 1 amide bonds. The van der Waals surface area contributed by atoms with Crippen LogP contribution in [0.2, 0.25) is 0 Å². The smallest absolute Gasteiger partial charge is 0.254 e. The predicted molar refractivity (Wildman–Crippen MR) is 73.5 cm³/mol. The molecule has 0 heterocycles. The fourth-order valence-corrected chi connectivity index (χ4v) is 2.58. The maximum atomic E-state index is 13.9. The number of carbonyl (C=O) groups excluding carboxylic acids is 1. The number of rotatable bonds is 2. The molecule has 0 radical (unpaired) electrons. The van der Waals surface area contributed by atoms with Crippen molar-refractivity contribution in [3.8, 4) is 0 Å². The van der Waals surface area contributed by atoms with Gasteiger partial charge in [-0.1, -0.05) is 31.4 Å². The first-order valence-electron chi connectivity index (χ1n) is 6.91. The van der Waals surface area contributed by atoms with E-state index >= 15 is 0 Å². The average molecular weight is 264 g/mol. The van der Waals surface area contributed by atoms with Crippen molar-refractivity contribution in [3.05, 3.63) is 35.1 Å². The lowest BCUT2D eigenvalue weighted by Gasteiger charge is -2.22. The number of nitrogens with two attached hydrogens (primary N) is 1. The van der Waals surface area contributed by atoms with Crippen molar-refractivity contribution < 1.29 is 9.18 Å². The van der Waals surface area contributed by atoms with Gasteiger partial charge in [0.15, 0.2) is 0 Å². The minimum Gasteiger partial charge on any atom is -0.348 e. The van der Waals surface area contributed by atoms with Crippen LogP contribution in [0.25, 0.3) is 0 Å². The molecule has 2 atom stereocenters. The molecule has 1 aliphatic carbocycles. The second-order valence-corrected chi connectivity index (χ2v) is 5.32. The van der Waals surface area contributed by atoms with Crippen LogP contribution < -0.4 is 11.1 Å². The van der Waals surface area contributed by atoms with Crippen molar-refractivity contribution in [3.63, 3.8) is 0 Å². The molecule has 0 aromatic heterocycles. The summed E-state index contributed by atoms with van der Waals surface area (Å²) in [6.45, 7) is 1.66. The molecule has 4 heteroatoms. The molecule has 104 valence electrons. The fraction of sp³-hybridized carbons (Fsp3) is 0.533. The van der Waals surface area contributed by atoms with E-state index in [1.807, 2.05) is 0 Å². The summed E-state index contributed by atoms with van der Waals surface area (Å²) >= 11 is 0. The Hall–Kier alpha value is -1.42. The Morgan fingerprint density at radius 3 is 2.84 bits per heavy atom. The molecule has 2 rings (SSSR count). The highest BCUT2D eigenvalue weighted by molar-refractivity contribution is 5.94. The monoisotopic (exact) mass is 264 g/mol. The van der Waals surface area contributed by atoms with Gasteiger partial charge in [-0.15, -0.1) is 0 Å². The highest BCUT2D eigenvalue weighted by Crippen LogP contribution is 2.18. The summed E-state index contributed by atoms with van der Waals surface area (Å²) < 4.78 is 13.9. The van der Waals surface area contributed by atoms with Gasteiger partial charge in [0.25, 0.3) is 5.91 Å². The molecule has 0 spiro atoms. The maximum Gasteiger partial charge on any atom is 0.254 e. The second kappa shape index (κ2) is 6.15. The van der Waals surface area contributed by atoms with Crippen molar-refractivity contribution >= 4 is 5.91 Å². The van der Waals surface area contributed by atoms with E-state index in [0.717, 1.165) is 32.1 Å². The van der Waals surface area contributed by atoms with Crippen molar-refractivity contribution in [1.29, 1.82) is 0 Å². The number of hydrogen-bond acceptors (Lipinski definition) is 2. The summed E-state index contributed by atoms with van der Waals surface area (Å²) in [6, 6.07) is 4.79. The molecule has 1 aromatic rings. The largest absolute Gasteiger partial charge is 0.348 e. The van der Waals surface area contributed by atoms with Crippen LogP contribution in [-0.4, -0.2) is 18.0 Å². The molecule has 1 aliphatic rings. The fourth-order valence-electron chi connectivity index (χ4n) is 2.58. The molecule has 3 N–H and O–H groups in total. The Bertz CT molecular complexity index is 461. The SMILES string of the molecule is Cc1cccc(C(=O)NC2CCCCCC2N)c1F. The molecular weight excluding hydrogens is 243 g/mol. The summed E-state index contributed by atoms with van der Waals surface area (Å²) in [6.07, 6.45) is 5.11. The maximum absolute atomic E-state index is 13.9. The minimum absolute atomic E-state index is 0.0284. The Morgan fingerprint density at radius 2 is 2.05 bits per heavy atom. The number of nitrogens with one attached hydrogen (secondary N) is 1. The Kier molecular flexibility index (Phi) is 4.53. The molecule has 1 aromatic carbocycles. The minimum atomic E-state index is -0.442. The Morgan fingerprint density at radius 1 is 1.32 bits per heavy atom. The van der Waals surface area contributed by atoms with Gasteiger partial charge in [0, 0.05) is 12.1 Å². The number of aryl methyl sites for hydroxylation is 1. The summed E-state index contributed by atoms with van der Waals surface area (Å²) in [5.41, 5.74) is 6.66. The number of hydrogen-bond donors (Lipinski definition) is 2. The topological polar surface area (TPSA) is 55.1 Å². The van der Waals surface area contributed by atoms with Crippen molar-refractivity contribution in [2.75, 3.05) is 0 Å². The molecule has 0 aliphatic heterocycles. The van der Waals surface area contributed by atoms with E-state index in [1.165, 1.54) is 6.07 Å². The van der Waals surface area contributed by atoms with Crippen LogP contribution in [0.5, 0.6) is 0 Å². The Balaban J connectivity index is 2.09. The van der Waals surface area contributed by atoms with Gasteiger partial charge in [0.05, 0.1) is 5.56 Å². The molecule has 19 heavy (non-hydrogen) atoms. The highest BCUT2D eigenvalue weighted by atomic mass is 19.1. The van der Waals surface area contributed by atoms with Crippen molar-refractivity contribution in [1.82, 2.24) is 5.32 Å². The number of benzene rings is 1. The zero-order valence-electron chi connectivity index (χ0n) is 11.3. The van der Waals surface area contributed by atoms with Crippen LogP contribution in [-0.2, 0) is 0 Å². The number of amides is 1. The summed E-state index contributed by atoms with van der Waals surface area (Å²) in [7, 11) is 0. The lowest BCUT2D eigenvalue weighted by atomic mass is 10.0. The molecule has 1 fully saturated rings. The van der Waals surface area contributed by atoms with E-state index in [4.69, 9.17) is 5.73 Å². The highest BCUT2D eigenvalue weighted by Gasteiger charge is 2.23. The van der Waals surface area contributed by atoms with Gasteiger partial charge < -0.3 is 11.1 Å². The molecule has 1 saturated carbocycles. The Labute approximate surface area is 113 Å². The first-order valence-corrected chi connectivity index (χ1v) is 6.91. The van der Waals surface area contributed by atoms with E-state index in [0.29, 0.717) is 5.56 Å². The van der Waals surface area contributed by atoms with E-state index < -0.39 is 5.82 Å². The third-order valence-electron chi connectivity index (χ3n) is 3.82. The van der Waals surface area contributed by atoms with E-state index in [-0.39, 0.29) is 23.6 Å². The third-order valence-corrected chi connectivity index (χ3v) is 3.82. The molecule has 0 bridgehead atoms. The number of halogens is 1. The number of carbonyl (C=O) groups is 1. The first-order chi connectivity index (χ1) is 9.09. The summed E-state index contributed by atoms with van der Waals surface area (Å²) in [5.74, 6) is -0.800. The third kappa shape index (κ3) is 3.32.